The van der Waals surface area contributed by atoms with E-state index in [1.165, 1.54) is 41.3 Å². The van der Waals surface area contributed by atoms with E-state index < -0.39 is 0 Å². The topological polar surface area (TPSA) is 20.3 Å². The fourth-order valence-corrected chi connectivity index (χ4v) is 3.29. The highest BCUT2D eigenvalue weighted by Gasteiger charge is 2.33. The van der Waals surface area contributed by atoms with Gasteiger partial charge >= 0.3 is 0 Å². The largest absolute Gasteiger partial charge is 0.270 e. The first-order chi connectivity index (χ1) is 10.5. The van der Waals surface area contributed by atoms with Crippen LogP contribution in [0.15, 0.2) is 53.4 Å². The maximum absolute atomic E-state index is 13.0. The molecule has 0 aliphatic carbocycles. The number of rotatable bonds is 2. The van der Waals surface area contributed by atoms with Gasteiger partial charge in [-0.05, 0) is 48.0 Å². The second-order valence-electron chi connectivity index (χ2n) is 4.55. The lowest BCUT2D eigenvalue weighted by molar-refractivity contribution is -0.113. The van der Waals surface area contributed by atoms with Gasteiger partial charge in [-0.15, -0.1) is 0 Å². The zero-order chi connectivity index (χ0) is 15.7. The molecule has 0 unspecified atom stereocenters. The quantitative estimate of drug-likeness (QED) is 0.601. The van der Waals surface area contributed by atoms with Gasteiger partial charge in [0.15, 0.2) is 4.32 Å². The molecule has 1 saturated heterocycles. The third-order valence-corrected chi connectivity index (χ3v) is 4.35. The summed E-state index contributed by atoms with van der Waals surface area (Å²) in [5.74, 6) is -0.988. The van der Waals surface area contributed by atoms with Crippen LogP contribution in [-0.4, -0.2) is 10.2 Å². The summed E-state index contributed by atoms with van der Waals surface area (Å²) in [4.78, 5) is 14.3. The van der Waals surface area contributed by atoms with Crippen molar-refractivity contribution in [1.29, 1.82) is 0 Å². The third kappa shape index (κ3) is 2.93. The predicted octanol–water partition coefficient (Wildman–Crippen LogP) is 4.37. The van der Waals surface area contributed by atoms with Gasteiger partial charge in [0.25, 0.3) is 5.91 Å². The normalized spacial score (nSPS) is 16.6. The second kappa shape index (κ2) is 5.98. The first kappa shape index (κ1) is 14.9. The van der Waals surface area contributed by atoms with Crippen molar-refractivity contribution in [2.24, 2.45) is 0 Å². The Hall–Kier alpha value is -2.05. The summed E-state index contributed by atoms with van der Waals surface area (Å²) >= 11 is 6.38. The van der Waals surface area contributed by atoms with Crippen molar-refractivity contribution in [1.82, 2.24) is 0 Å². The molecule has 3 rings (SSSR count). The van der Waals surface area contributed by atoms with Gasteiger partial charge < -0.3 is 0 Å². The number of halogens is 2. The van der Waals surface area contributed by atoms with Crippen molar-refractivity contribution < 1.29 is 13.6 Å². The minimum Gasteiger partial charge on any atom is -0.268 e. The number of carbonyl (C=O) groups is 1. The van der Waals surface area contributed by atoms with Gasteiger partial charge in [0.05, 0.1) is 10.6 Å². The van der Waals surface area contributed by atoms with Crippen molar-refractivity contribution in [3.05, 3.63) is 70.6 Å². The van der Waals surface area contributed by atoms with Crippen LogP contribution in [0.4, 0.5) is 14.5 Å². The molecule has 2 aromatic rings. The molecule has 0 saturated carbocycles. The van der Waals surface area contributed by atoms with Crippen LogP contribution in [0.5, 0.6) is 0 Å². The highest BCUT2D eigenvalue weighted by molar-refractivity contribution is 8.27. The minimum absolute atomic E-state index is 0.272. The fraction of sp³-hybridized carbons (Fsp3) is 0. The Balaban J connectivity index is 1.91. The van der Waals surface area contributed by atoms with Crippen LogP contribution >= 0.6 is 24.0 Å². The standard InChI is InChI=1S/C16H9F2NOS2/c17-11-3-1-10(2-4-11)9-14-15(20)19(16(21)22-14)13-7-5-12(18)6-8-13/h1-9H/b14-9+. The predicted molar refractivity (Wildman–Crippen MR) is 88.5 cm³/mol. The number of carbonyl (C=O) groups excluding carboxylic acids is 1. The average Bonchev–Trinajstić information content (AvgIpc) is 2.77. The van der Waals surface area contributed by atoms with Crippen LogP contribution in [0.1, 0.15) is 5.56 Å². The number of benzene rings is 2. The van der Waals surface area contributed by atoms with Crippen molar-refractivity contribution in [3.63, 3.8) is 0 Å². The van der Waals surface area contributed by atoms with E-state index in [1.807, 2.05) is 0 Å². The summed E-state index contributed by atoms with van der Waals surface area (Å²) < 4.78 is 26.3. The zero-order valence-electron chi connectivity index (χ0n) is 11.1. The van der Waals surface area contributed by atoms with Gasteiger partial charge in [-0.1, -0.05) is 36.1 Å². The van der Waals surface area contributed by atoms with Crippen molar-refractivity contribution >= 4 is 46.0 Å². The highest BCUT2D eigenvalue weighted by atomic mass is 32.2. The van der Waals surface area contributed by atoms with E-state index in [0.717, 1.165) is 11.8 Å². The lowest BCUT2D eigenvalue weighted by Crippen LogP contribution is -2.27. The van der Waals surface area contributed by atoms with Crippen LogP contribution in [0.2, 0.25) is 0 Å². The lowest BCUT2D eigenvalue weighted by atomic mass is 10.2. The van der Waals surface area contributed by atoms with E-state index in [1.54, 1.807) is 18.2 Å². The van der Waals surface area contributed by atoms with Crippen LogP contribution < -0.4 is 4.90 Å². The molecule has 6 heteroatoms. The number of thiocarbonyl (C=S) groups is 1. The lowest BCUT2D eigenvalue weighted by Gasteiger charge is -2.14. The van der Waals surface area contributed by atoms with Gasteiger partial charge in [-0.3, -0.25) is 9.69 Å². The number of hydrogen-bond donors (Lipinski definition) is 0. The van der Waals surface area contributed by atoms with Crippen LogP contribution in [0.25, 0.3) is 6.08 Å². The molecule has 1 aliphatic rings. The van der Waals surface area contributed by atoms with Crippen molar-refractivity contribution in [3.8, 4) is 0 Å². The minimum atomic E-state index is -0.379. The summed E-state index contributed by atoms with van der Waals surface area (Å²) in [7, 11) is 0. The summed E-state index contributed by atoms with van der Waals surface area (Å²) in [6, 6.07) is 11.4. The number of nitrogens with zero attached hydrogens (tertiary/aromatic N) is 1. The Morgan fingerprint density at radius 2 is 1.50 bits per heavy atom. The molecule has 0 bridgehead atoms. The summed E-state index contributed by atoms with van der Waals surface area (Å²) in [5.41, 5.74) is 1.23. The molecule has 1 heterocycles. The Morgan fingerprint density at radius 3 is 2.09 bits per heavy atom. The van der Waals surface area contributed by atoms with E-state index in [-0.39, 0.29) is 17.5 Å². The van der Waals surface area contributed by atoms with E-state index in [0.29, 0.717) is 20.5 Å². The highest BCUT2D eigenvalue weighted by Crippen LogP contribution is 2.35. The first-order valence-corrected chi connectivity index (χ1v) is 7.56. The average molecular weight is 333 g/mol. The van der Waals surface area contributed by atoms with Crippen LogP contribution in [-0.2, 0) is 4.79 Å². The number of amides is 1. The summed E-state index contributed by atoms with van der Waals surface area (Å²) in [6.07, 6.45) is 1.66. The molecule has 1 amide bonds. The number of hydrogen-bond acceptors (Lipinski definition) is 3. The molecule has 0 aromatic heterocycles. The van der Waals surface area contributed by atoms with Gasteiger partial charge in [-0.2, -0.15) is 0 Å². The number of anilines is 1. The molecule has 1 fully saturated rings. The van der Waals surface area contributed by atoms with E-state index >= 15 is 0 Å². The third-order valence-electron chi connectivity index (χ3n) is 3.05. The molecule has 0 spiro atoms. The molecule has 0 radical (unpaired) electrons. The van der Waals surface area contributed by atoms with Crippen LogP contribution in [0.3, 0.4) is 0 Å². The second-order valence-corrected chi connectivity index (χ2v) is 6.22. The summed E-state index contributed by atoms with van der Waals surface area (Å²) in [6.45, 7) is 0. The molecule has 2 aromatic carbocycles. The SMILES string of the molecule is O=C1/C(=C\c2ccc(F)cc2)SC(=S)N1c1ccc(F)cc1. The van der Waals surface area contributed by atoms with E-state index in [9.17, 15) is 13.6 Å². The Morgan fingerprint density at radius 1 is 0.955 bits per heavy atom. The molecule has 110 valence electrons. The molecule has 1 aliphatic heterocycles. The molecular weight excluding hydrogens is 324 g/mol. The van der Waals surface area contributed by atoms with E-state index in [4.69, 9.17) is 12.2 Å². The van der Waals surface area contributed by atoms with E-state index in [2.05, 4.69) is 0 Å². The maximum Gasteiger partial charge on any atom is 0.270 e. The van der Waals surface area contributed by atoms with Crippen molar-refractivity contribution in [2.45, 2.75) is 0 Å². The van der Waals surface area contributed by atoms with Gasteiger partial charge in [-0.25, -0.2) is 8.78 Å². The first-order valence-electron chi connectivity index (χ1n) is 6.34. The Labute approximate surface area is 135 Å². The fourth-order valence-electron chi connectivity index (χ4n) is 1.99. The van der Waals surface area contributed by atoms with Crippen molar-refractivity contribution in [2.75, 3.05) is 4.90 Å². The van der Waals surface area contributed by atoms with Crippen LogP contribution in [0, 0.1) is 11.6 Å². The number of thioether (sulfide) groups is 1. The Bertz CT molecular complexity index is 770. The monoisotopic (exact) mass is 333 g/mol. The van der Waals surface area contributed by atoms with Gasteiger partial charge in [0.1, 0.15) is 11.6 Å². The maximum atomic E-state index is 13.0. The smallest absolute Gasteiger partial charge is 0.268 e. The molecule has 22 heavy (non-hydrogen) atoms. The van der Waals surface area contributed by atoms with Gasteiger partial charge in [0, 0.05) is 0 Å². The molecule has 0 atom stereocenters. The molecule has 0 N–H and O–H groups in total. The van der Waals surface area contributed by atoms with Gasteiger partial charge in [0.2, 0.25) is 0 Å². The molecule has 2 nitrogen and oxygen atoms in total. The molecular formula is C16H9F2NOS2. The zero-order valence-corrected chi connectivity index (χ0v) is 12.8. The Kier molecular flexibility index (Phi) is 4.04. The summed E-state index contributed by atoms with van der Waals surface area (Å²) in [5, 5.41) is 0.